The van der Waals surface area contributed by atoms with Crippen molar-refractivity contribution in [1.82, 2.24) is 9.80 Å². The van der Waals surface area contributed by atoms with E-state index in [9.17, 15) is 4.79 Å². The van der Waals surface area contributed by atoms with E-state index in [1.807, 2.05) is 11.8 Å². The van der Waals surface area contributed by atoms with Gasteiger partial charge in [0.25, 0.3) is 0 Å². The van der Waals surface area contributed by atoms with Crippen molar-refractivity contribution in [3.05, 3.63) is 65.2 Å². The van der Waals surface area contributed by atoms with Crippen molar-refractivity contribution in [2.75, 3.05) is 31.9 Å². The Kier molecular flexibility index (Phi) is 8.67. The SMILES string of the molecule is Cc1ccc2c(c1)CN(C(=O)CCN1CCC(Cc3ccccc3)CC1)CCS2.Cl. The van der Waals surface area contributed by atoms with Crippen LogP contribution in [0.2, 0.25) is 0 Å². The summed E-state index contributed by atoms with van der Waals surface area (Å²) in [5, 5.41) is 0. The minimum atomic E-state index is 0. The summed E-state index contributed by atoms with van der Waals surface area (Å²) in [5.41, 5.74) is 4.04. The van der Waals surface area contributed by atoms with E-state index in [1.54, 1.807) is 0 Å². The van der Waals surface area contributed by atoms with Crippen LogP contribution in [-0.4, -0.2) is 47.6 Å². The largest absolute Gasteiger partial charge is 0.337 e. The van der Waals surface area contributed by atoms with Crippen LogP contribution >= 0.6 is 24.2 Å². The molecule has 4 rings (SSSR count). The second-order valence-corrected chi connectivity index (χ2v) is 9.64. The van der Waals surface area contributed by atoms with Gasteiger partial charge in [-0.15, -0.1) is 24.2 Å². The lowest BCUT2D eigenvalue weighted by atomic mass is 9.90. The fourth-order valence-electron chi connectivity index (χ4n) is 4.51. The van der Waals surface area contributed by atoms with Crippen LogP contribution in [0.15, 0.2) is 53.4 Å². The highest BCUT2D eigenvalue weighted by Gasteiger charge is 2.23. The van der Waals surface area contributed by atoms with Gasteiger partial charge < -0.3 is 9.80 Å². The van der Waals surface area contributed by atoms with Crippen LogP contribution < -0.4 is 0 Å². The highest BCUT2D eigenvalue weighted by molar-refractivity contribution is 7.99. The molecular formula is C25H33ClN2OS. The molecule has 2 aliphatic heterocycles. The average molecular weight is 445 g/mol. The molecule has 1 amide bonds. The van der Waals surface area contributed by atoms with Gasteiger partial charge in [0, 0.05) is 36.7 Å². The van der Waals surface area contributed by atoms with Crippen molar-refractivity contribution in [2.45, 2.75) is 44.0 Å². The molecule has 0 unspecified atom stereocenters. The van der Waals surface area contributed by atoms with Gasteiger partial charge in [-0.25, -0.2) is 0 Å². The molecule has 0 saturated carbocycles. The number of hydrogen-bond donors (Lipinski definition) is 0. The van der Waals surface area contributed by atoms with E-state index >= 15 is 0 Å². The van der Waals surface area contributed by atoms with Crippen LogP contribution in [0.5, 0.6) is 0 Å². The molecule has 2 aromatic carbocycles. The smallest absolute Gasteiger partial charge is 0.224 e. The Hall–Kier alpha value is -1.49. The zero-order valence-corrected chi connectivity index (χ0v) is 19.5. The van der Waals surface area contributed by atoms with Crippen LogP contribution in [-0.2, 0) is 17.8 Å². The Morgan fingerprint density at radius 1 is 1.07 bits per heavy atom. The number of amides is 1. The van der Waals surface area contributed by atoms with Gasteiger partial charge in [-0.1, -0.05) is 48.0 Å². The third-order valence-electron chi connectivity index (χ3n) is 6.26. The molecule has 3 nitrogen and oxygen atoms in total. The number of likely N-dealkylation sites (tertiary alicyclic amines) is 1. The fourth-order valence-corrected chi connectivity index (χ4v) is 5.51. The molecule has 1 saturated heterocycles. The number of hydrogen-bond acceptors (Lipinski definition) is 3. The lowest BCUT2D eigenvalue weighted by Crippen LogP contribution is -2.38. The quantitative estimate of drug-likeness (QED) is 0.633. The third kappa shape index (κ3) is 6.26. The lowest BCUT2D eigenvalue weighted by molar-refractivity contribution is -0.132. The average Bonchev–Trinajstić information content (AvgIpc) is 2.96. The van der Waals surface area contributed by atoms with Crippen molar-refractivity contribution in [3.8, 4) is 0 Å². The molecule has 5 heteroatoms. The second kappa shape index (κ2) is 11.2. The monoisotopic (exact) mass is 444 g/mol. The lowest BCUT2D eigenvalue weighted by Gasteiger charge is -2.32. The Bertz CT molecular complexity index is 821. The number of aryl methyl sites for hydroxylation is 1. The molecule has 0 N–H and O–H groups in total. The number of fused-ring (bicyclic) bond motifs is 1. The van der Waals surface area contributed by atoms with Crippen molar-refractivity contribution in [2.24, 2.45) is 5.92 Å². The van der Waals surface area contributed by atoms with E-state index in [0.717, 1.165) is 44.4 Å². The Morgan fingerprint density at radius 3 is 2.60 bits per heavy atom. The highest BCUT2D eigenvalue weighted by Crippen LogP contribution is 2.28. The van der Waals surface area contributed by atoms with Gasteiger partial charge in [-0.2, -0.15) is 0 Å². The Labute approximate surface area is 191 Å². The van der Waals surface area contributed by atoms with E-state index in [1.165, 1.54) is 40.8 Å². The molecule has 0 aliphatic carbocycles. The van der Waals surface area contributed by atoms with Crippen LogP contribution in [0.1, 0.15) is 36.0 Å². The zero-order valence-electron chi connectivity index (χ0n) is 17.9. The summed E-state index contributed by atoms with van der Waals surface area (Å²) in [6.45, 7) is 6.91. The van der Waals surface area contributed by atoms with E-state index < -0.39 is 0 Å². The van der Waals surface area contributed by atoms with Gasteiger partial charge in [0.05, 0.1) is 0 Å². The van der Waals surface area contributed by atoms with Crippen LogP contribution in [0.25, 0.3) is 0 Å². The fraction of sp³-hybridized carbons (Fsp3) is 0.480. The second-order valence-electron chi connectivity index (χ2n) is 8.50. The van der Waals surface area contributed by atoms with Gasteiger partial charge in [0.2, 0.25) is 5.91 Å². The van der Waals surface area contributed by atoms with E-state index in [-0.39, 0.29) is 12.4 Å². The Balaban J connectivity index is 0.00000256. The number of thioether (sulfide) groups is 1. The number of carbonyl (C=O) groups excluding carboxylic acids is 1. The normalized spacial score (nSPS) is 17.7. The van der Waals surface area contributed by atoms with Gasteiger partial charge in [-0.05, 0) is 62.4 Å². The van der Waals surface area contributed by atoms with Crippen molar-refractivity contribution < 1.29 is 4.79 Å². The van der Waals surface area contributed by atoms with Crippen LogP contribution in [0.4, 0.5) is 0 Å². The first-order valence-corrected chi connectivity index (χ1v) is 11.9. The molecule has 2 aliphatic rings. The summed E-state index contributed by atoms with van der Waals surface area (Å²) < 4.78 is 0. The molecule has 162 valence electrons. The predicted octanol–water partition coefficient (Wildman–Crippen LogP) is 5.20. The van der Waals surface area contributed by atoms with Crippen molar-refractivity contribution in [3.63, 3.8) is 0 Å². The molecule has 2 heterocycles. The van der Waals surface area contributed by atoms with E-state index in [4.69, 9.17) is 0 Å². The third-order valence-corrected chi connectivity index (χ3v) is 7.36. The first-order valence-electron chi connectivity index (χ1n) is 10.9. The standard InChI is InChI=1S/C25H32N2OS.ClH/c1-20-7-8-24-23(17-20)19-27(15-16-29-24)25(28)11-14-26-12-9-22(10-13-26)18-21-5-3-2-4-6-21;/h2-8,17,22H,9-16,18-19H2,1H3;1H. The summed E-state index contributed by atoms with van der Waals surface area (Å²) in [7, 11) is 0. The summed E-state index contributed by atoms with van der Waals surface area (Å²) in [5.74, 6) is 2.09. The van der Waals surface area contributed by atoms with Crippen LogP contribution in [0, 0.1) is 12.8 Å². The summed E-state index contributed by atoms with van der Waals surface area (Å²) >= 11 is 1.88. The maximum atomic E-state index is 12.9. The van der Waals surface area contributed by atoms with Gasteiger partial charge in [-0.3, -0.25) is 4.79 Å². The summed E-state index contributed by atoms with van der Waals surface area (Å²) in [6, 6.07) is 17.5. The van der Waals surface area contributed by atoms with Gasteiger partial charge in [0.1, 0.15) is 0 Å². The molecule has 0 spiro atoms. The van der Waals surface area contributed by atoms with Crippen LogP contribution in [0.3, 0.4) is 0 Å². The Morgan fingerprint density at radius 2 is 1.83 bits per heavy atom. The first-order chi connectivity index (χ1) is 14.2. The zero-order chi connectivity index (χ0) is 20.1. The highest BCUT2D eigenvalue weighted by atomic mass is 35.5. The first kappa shape index (κ1) is 23.2. The predicted molar refractivity (Wildman–Crippen MR) is 128 cm³/mol. The molecule has 2 aromatic rings. The minimum Gasteiger partial charge on any atom is -0.337 e. The number of nitrogens with zero attached hydrogens (tertiary/aromatic N) is 2. The molecule has 0 radical (unpaired) electrons. The molecular weight excluding hydrogens is 412 g/mol. The molecule has 1 fully saturated rings. The van der Waals surface area contributed by atoms with Gasteiger partial charge in [0.15, 0.2) is 0 Å². The summed E-state index contributed by atoms with van der Waals surface area (Å²) in [6.07, 6.45) is 4.33. The van der Waals surface area contributed by atoms with Crippen molar-refractivity contribution >= 4 is 30.1 Å². The van der Waals surface area contributed by atoms with E-state index in [0.29, 0.717) is 12.3 Å². The number of rotatable bonds is 5. The number of piperidine rings is 1. The van der Waals surface area contributed by atoms with Gasteiger partial charge >= 0.3 is 0 Å². The van der Waals surface area contributed by atoms with E-state index in [2.05, 4.69) is 65.3 Å². The topological polar surface area (TPSA) is 23.6 Å². The molecule has 0 aromatic heterocycles. The number of carbonyl (C=O) groups is 1. The van der Waals surface area contributed by atoms with Crippen molar-refractivity contribution in [1.29, 1.82) is 0 Å². The number of halogens is 1. The maximum absolute atomic E-state index is 12.9. The molecule has 0 bridgehead atoms. The minimum absolute atomic E-state index is 0. The maximum Gasteiger partial charge on any atom is 0.224 e. The number of benzene rings is 2. The molecule has 30 heavy (non-hydrogen) atoms. The molecule has 0 atom stereocenters. The summed E-state index contributed by atoms with van der Waals surface area (Å²) in [4.78, 5) is 18.8.